The van der Waals surface area contributed by atoms with Crippen molar-refractivity contribution in [2.45, 2.75) is 26.1 Å². The lowest BCUT2D eigenvalue weighted by Gasteiger charge is -2.12. The minimum absolute atomic E-state index is 0.198. The number of hydrogen-bond acceptors (Lipinski definition) is 1. The maximum Gasteiger partial charge on any atom is 0.390 e. The highest BCUT2D eigenvalue weighted by Crippen LogP contribution is 2.18. The molecule has 20 heavy (non-hydrogen) atoms. The Labute approximate surface area is 121 Å². The molecule has 0 saturated heterocycles. The lowest BCUT2D eigenvalue weighted by molar-refractivity contribution is -0.132. The van der Waals surface area contributed by atoms with E-state index in [0.29, 0.717) is 24.1 Å². The number of benzene rings is 1. The van der Waals surface area contributed by atoms with Crippen molar-refractivity contribution in [1.29, 1.82) is 0 Å². The van der Waals surface area contributed by atoms with E-state index in [2.05, 4.69) is 15.6 Å². The maximum absolute atomic E-state index is 12.1. The number of halogens is 4. The molecule has 0 amide bonds. The molecule has 1 rings (SSSR count). The van der Waals surface area contributed by atoms with Crippen molar-refractivity contribution in [2.75, 3.05) is 13.1 Å². The van der Waals surface area contributed by atoms with E-state index >= 15 is 0 Å². The van der Waals surface area contributed by atoms with E-state index < -0.39 is 12.6 Å². The fourth-order valence-electron chi connectivity index (χ4n) is 1.42. The van der Waals surface area contributed by atoms with Gasteiger partial charge in [0.05, 0.1) is 13.0 Å². The molecule has 0 aliphatic carbocycles. The van der Waals surface area contributed by atoms with Gasteiger partial charge in [-0.1, -0.05) is 23.7 Å². The van der Waals surface area contributed by atoms with Crippen LogP contribution < -0.4 is 10.6 Å². The molecule has 0 unspecified atom stereocenters. The van der Waals surface area contributed by atoms with E-state index in [1.807, 2.05) is 19.1 Å². The zero-order valence-electron chi connectivity index (χ0n) is 11.1. The quantitative estimate of drug-likeness (QED) is 0.646. The molecule has 3 nitrogen and oxygen atoms in total. The van der Waals surface area contributed by atoms with Crippen LogP contribution in [0.4, 0.5) is 13.2 Å². The third-order valence-corrected chi connectivity index (χ3v) is 2.63. The lowest BCUT2D eigenvalue weighted by Crippen LogP contribution is -2.38. The Morgan fingerprint density at radius 3 is 2.40 bits per heavy atom. The Morgan fingerprint density at radius 2 is 1.85 bits per heavy atom. The third kappa shape index (κ3) is 7.23. The zero-order valence-corrected chi connectivity index (χ0v) is 11.9. The molecule has 112 valence electrons. The highest BCUT2D eigenvalue weighted by molar-refractivity contribution is 6.30. The van der Waals surface area contributed by atoms with Gasteiger partial charge in [-0.15, -0.1) is 0 Å². The molecule has 0 aliphatic heterocycles. The minimum Gasteiger partial charge on any atom is -0.357 e. The average molecular weight is 308 g/mol. The van der Waals surface area contributed by atoms with Crippen molar-refractivity contribution in [3.05, 3.63) is 34.9 Å². The first-order chi connectivity index (χ1) is 9.40. The Hall–Kier alpha value is -1.43. The minimum atomic E-state index is -4.17. The first kappa shape index (κ1) is 16.6. The van der Waals surface area contributed by atoms with E-state index in [0.717, 1.165) is 5.56 Å². The van der Waals surface area contributed by atoms with Crippen LogP contribution in [0, 0.1) is 0 Å². The van der Waals surface area contributed by atoms with Crippen LogP contribution >= 0.6 is 11.6 Å². The molecule has 0 heterocycles. The van der Waals surface area contributed by atoms with E-state index in [4.69, 9.17) is 11.6 Å². The van der Waals surface area contributed by atoms with Crippen LogP contribution in [0.3, 0.4) is 0 Å². The summed E-state index contributed by atoms with van der Waals surface area (Å²) in [5, 5.41) is 6.18. The summed E-state index contributed by atoms with van der Waals surface area (Å²) < 4.78 is 36.2. The second-order valence-electron chi connectivity index (χ2n) is 4.11. The molecule has 0 atom stereocenters. The van der Waals surface area contributed by atoms with Crippen molar-refractivity contribution < 1.29 is 13.2 Å². The normalized spacial score (nSPS) is 12.3. The molecule has 0 bridgehead atoms. The van der Waals surface area contributed by atoms with Gasteiger partial charge in [-0.05, 0) is 24.6 Å². The summed E-state index contributed by atoms with van der Waals surface area (Å²) in [7, 11) is 0. The monoisotopic (exact) mass is 307 g/mol. The predicted molar refractivity (Wildman–Crippen MR) is 74.9 cm³/mol. The van der Waals surface area contributed by atoms with E-state index in [1.54, 1.807) is 12.1 Å². The Morgan fingerprint density at radius 1 is 1.20 bits per heavy atom. The first-order valence-corrected chi connectivity index (χ1v) is 6.62. The highest BCUT2D eigenvalue weighted by Gasteiger charge is 2.26. The van der Waals surface area contributed by atoms with Crippen LogP contribution in [0.15, 0.2) is 29.3 Å². The molecule has 1 aromatic carbocycles. The van der Waals surface area contributed by atoms with Gasteiger partial charge in [0, 0.05) is 18.1 Å². The van der Waals surface area contributed by atoms with Crippen LogP contribution in [0.25, 0.3) is 0 Å². The van der Waals surface area contributed by atoms with E-state index in [-0.39, 0.29) is 6.54 Å². The summed E-state index contributed by atoms with van der Waals surface area (Å²) in [6.07, 6.45) is -5.06. The maximum atomic E-state index is 12.1. The van der Waals surface area contributed by atoms with Crippen molar-refractivity contribution in [3.63, 3.8) is 0 Å². The molecule has 0 fully saturated rings. The van der Waals surface area contributed by atoms with Gasteiger partial charge in [0.25, 0.3) is 0 Å². The van der Waals surface area contributed by atoms with Gasteiger partial charge in [-0.25, -0.2) is 4.99 Å². The van der Waals surface area contributed by atoms with Gasteiger partial charge in [-0.2, -0.15) is 13.2 Å². The van der Waals surface area contributed by atoms with Crippen molar-refractivity contribution in [2.24, 2.45) is 4.99 Å². The number of guanidine groups is 1. The number of alkyl halides is 3. The van der Waals surface area contributed by atoms with Crippen LogP contribution in [0.2, 0.25) is 5.02 Å². The fourth-order valence-corrected chi connectivity index (χ4v) is 1.55. The molecule has 0 spiro atoms. The van der Waals surface area contributed by atoms with Crippen molar-refractivity contribution in [1.82, 2.24) is 10.6 Å². The SMILES string of the molecule is CCNC(=NCc1ccc(Cl)cc1)NCCC(F)(F)F. The Bertz CT molecular complexity index is 429. The molecule has 0 saturated carbocycles. The number of nitrogens with one attached hydrogen (secondary N) is 2. The van der Waals surface area contributed by atoms with Crippen LogP contribution in [0.5, 0.6) is 0 Å². The molecule has 1 aromatic rings. The number of rotatable bonds is 5. The van der Waals surface area contributed by atoms with Crippen LogP contribution in [-0.4, -0.2) is 25.2 Å². The summed E-state index contributed by atoms with van der Waals surface area (Å²) in [4.78, 5) is 4.22. The smallest absolute Gasteiger partial charge is 0.357 e. The van der Waals surface area contributed by atoms with Gasteiger partial charge in [0.15, 0.2) is 5.96 Å². The average Bonchev–Trinajstić information content (AvgIpc) is 2.36. The second kappa shape index (κ2) is 7.99. The summed E-state index contributed by atoms with van der Waals surface area (Å²) in [6.45, 7) is 2.61. The van der Waals surface area contributed by atoms with Gasteiger partial charge >= 0.3 is 6.18 Å². The van der Waals surface area contributed by atoms with Gasteiger partial charge in [0.1, 0.15) is 0 Å². The number of hydrogen-bond donors (Lipinski definition) is 2. The van der Waals surface area contributed by atoms with E-state index in [1.165, 1.54) is 0 Å². The molecule has 2 N–H and O–H groups in total. The van der Waals surface area contributed by atoms with Crippen molar-refractivity contribution in [3.8, 4) is 0 Å². The summed E-state index contributed by atoms with van der Waals surface area (Å²) in [5.41, 5.74) is 0.933. The first-order valence-electron chi connectivity index (χ1n) is 6.24. The molecular formula is C13H17ClF3N3. The topological polar surface area (TPSA) is 36.4 Å². The molecule has 7 heteroatoms. The number of aliphatic imine (C=N–C) groups is 1. The standard InChI is InChI=1S/C13H17ClF3N3/c1-2-18-12(19-8-7-13(15,16)17)20-9-10-3-5-11(14)6-4-10/h3-6H,2,7-9H2,1H3,(H2,18,19,20). The van der Waals surface area contributed by atoms with Gasteiger partial charge < -0.3 is 10.6 Å². The fraction of sp³-hybridized carbons (Fsp3) is 0.462. The molecule has 0 radical (unpaired) electrons. The van der Waals surface area contributed by atoms with Crippen molar-refractivity contribution >= 4 is 17.6 Å². The summed E-state index contributed by atoms with van der Waals surface area (Å²) in [5.74, 6) is 0.367. The Kier molecular flexibility index (Phi) is 6.64. The van der Waals surface area contributed by atoms with Gasteiger partial charge in [0.2, 0.25) is 0 Å². The largest absolute Gasteiger partial charge is 0.390 e. The molecule has 0 aromatic heterocycles. The number of nitrogens with zero attached hydrogens (tertiary/aromatic N) is 1. The zero-order chi connectivity index (χ0) is 15.0. The second-order valence-corrected chi connectivity index (χ2v) is 4.55. The molecular weight excluding hydrogens is 291 g/mol. The molecule has 0 aliphatic rings. The van der Waals surface area contributed by atoms with E-state index in [9.17, 15) is 13.2 Å². The lowest BCUT2D eigenvalue weighted by atomic mass is 10.2. The van der Waals surface area contributed by atoms with Crippen LogP contribution in [0.1, 0.15) is 18.9 Å². The van der Waals surface area contributed by atoms with Gasteiger partial charge in [-0.3, -0.25) is 0 Å². The third-order valence-electron chi connectivity index (χ3n) is 2.38. The van der Waals surface area contributed by atoms with Crippen LogP contribution in [-0.2, 0) is 6.54 Å². The highest BCUT2D eigenvalue weighted by atomic mass is 35.5. The predicted octanol–water partition coefficient (Wildman–Crippen LogP) is 3.35. The Balaban J connectivity index is 2.51. The summed E-state index contributed by atoms with van der Waals surface area (Å²) in [6, 6.07) is 7.14. The summed E-state index contributed by atoms with van der Waals surface area (Å²) >= 11 is 5.77.